The number of amides is 2. The van der Waals surface area contributed by atoms with E-state index in [-0.39, 0.29) is 24.4 Å². The SMILES string of the molecule is NC(=O)Nc1cnc(N2CCCS2(=O)=O)c(C(F)(F)F)c1. The van der Waals surface area contributed by atoms with Crippen LogP contribution in [0.4, 0.5) is 29.5 Å². The number of urea groups is 1. The van der Waals surface area contributed by atoms with Crippen LogP contribution in [-0.2, 0) is 16.2 Å². The van der Waals surface area contributed by atoms with Crippen molar-refractivity contribution in [3.63, 3.8) is 0 Å². The van der Waals surface area contributed by atoms with Gasteiger partial charge in [-0.15, -0.1) is 0 Å². The Kier molecular flexibility index (Phi) is 3.70. The average Bonchev–Trinajstić information content (AvgIpc) is 2.67. The van der Waals surface area contributed by atoms with Gasteiger partial charge in [0.25, 0.3) is 0 Å². The zero-order valence-electron chi connectivity index (χ0n) is 10.5. The summed E-state index contributed by atoms with van der Waals surface area (Å²) in [7, 11) is -3.80. The molecule has 1 aliphatic rings. The minimum Gasteiger partial charge on any atom is -0.351 e. The fraction of sp³-hybridized carbons (Fsp3) is 0.400. The van der Waals surface area contributed by atoms with Gasteiger partial charge in [0.15, 0.2) is 5.82 Å². The second kappa shape index (κ2) is 5.06. The van der Waals surface area contributed by atoms with Crippen LogP contribution in [0.5, 0.6) is 0 Å². The number of carbonyl (C=O) groups is 1. The van der Waals surface area contributed by atoms with E-state index in [1.54, 1.807) is 0 Å². The molecule has 0 aliphatic carbocycles. The number of alkyl halides is 3. The molecule has 0 spiro atoms. The Hall–Kier alpha value is -2.04. The molecule has 21 heavy (non-hydrogen) atoms. The van der Waals surface area contributed by atoms with Crippen LogP contribution >= 0.6 is 0 Å². The fourth-order valence-electron chi connectivity index (χ4n) is 1.95. The molecular formula is C10H11F3N4O3S. The second-order valence-electron chi connectivity index (χ2n) is 4.32. The molecule has 0 unspecified atom stereocenters. The summed E-state index contributed by atoms with van der Waals surface area (Å²) in [4.78, 5) is 14.2. The van der Waals surface area contributed by atoms with Gasteiger partial charge in [-0.2, -0.15) is 13.2 Å². The highest BCUT2D eigenvalue weighted by Crippen LogP contribution is 2.38. The third-order valence-corrected chi connectivity index (χ3v) is 4.61. The van der Waals surface area contributed by atoms with Gasteiger partial charge in [0.2, 0.25) is 10.0 Å². The van der Waals surface area contributed by atoms with Gasteiger partial charge in [-0.05, 0) is 12.5 Å². The van der Waals surface area contributed by atoms with Crippen molar-refractivity contribution >= 4 is 27.6 Å². The molecule has 3 N–H and O–H groups in total. The lowest BCUT2D eigenvalue weighted by atomic mass is 10.2. The summed E-state index contributed by atoms with van der Waals surface area (Å²) in [5.41, 5.74) is 3.30. The van der Waals surface area contributed by atoms with E-state index < -0.39 is 33.6 Å². The maximum Gasteiger partial charge on any atom is 0.420 e. The minimum absolute atomic E-state index is 0.0684. The molecule has 0 atom stereocenters. The fourth-order valence-corrected chi connectivity index (χ4v) is 3.48. The van der Waals surface area contributed by atoms with Crippen LogP contribution in [0.1, 0.15) is 12.0 Å². The molecule has 11 heteroatoms. The monoisotopic (exact) mass is 324 g/mol. The van der Waals surface area contributed by atoms with Crippen molar-refractivity contribution in [2.45, 2.75) is 12.6 Å². The van der Waals surface area contributed by atoms with Crippen LogP contribution in [0, 0.1) is 0 Å². The Morgan fingerprint density at radius 2 is 2.10 bits per heavy atom. The molecule has 2 rings (SSSR count). The van der Waals surface area contributed by atoms with Crippen LogP contribution in [0.2, 0.25) is 0 Å². The molecule has 0 radical (unpaired) electrons. The molecule has 7 nitrogen and oxygen atoms in total. The van der Waals surface area contributed by atoms with E-state index >= 15 is 0 Å². The van der Waals surface area contributed by atoms with Crippen molar-refractivity contribution in [3.05, 3.63) is 17.8 Å². The summed E-state index contributed by atoms with van der Waals surface area (Å²) < 4.78 is 63.3. The Labute approximate surface area is 118 Å². The van der Waals surface area contributed by atoms with E-state index in [1.165, 1.54) is 0 Å². The molecule has 1 fully saturated rings. The first kappa shape index (κ1) is 15.4. The van der Waals surface area contributed by atoms with Crippen LogP contribution in [0.15, 0.2) is 12.3 Å². The number of nitrogens with two attached hydrogens (primary N) is 1. The zero-order valence-corrected chi connectivity index (χ0v) is 11.3. The highest BCUT2D eigenvalue weighted by molar-refractivity contribution is 7.93. The van der Waals surface area contributed by atoms with Crippen molar-refractivity contribution in [2.75, 3.05) is 21.9 Å². The Morgan fingerprint density at radius 3 is 2.57 bits per heavy atom. The molecule has 1 aliphatic heterocycles. The molecule has 1 aromatic heterocycles. The van der Waals surface area contributed by atoms with Crippen molar-refractivity contribution in [2.24, 2.45) is 5.73 Å². The maximum absolute atomic E-state index is 13.1. The smallest absolute Gasteiger partial charge is 0.351 e. The normalized spacial score (nSPS) is 17.8. The number of sulfonamides is 1. The number of halogens is 3. The van der Waals surface area contributed by atoms with Gasteiger partial charge in [0, 0.05) is 6.54 Å². The predicted octanol–water partition coefficient (Wildman–Crippen LogP) is 1.13. The lowest BCUT2D eigenvalue weighted by Crippen LogP contribution is -2.29. The lowest BCUT2D eigenvalue weighted by Gasteiger charge is -2.21. The summed E-state index contributed by atoms with van der Waals surface area (Å²) in [5.74, 6) is -0.928. The van der Waals surface area contributed by atoms with Crippen molar-refractivity contribution in [1.82, 2.24) is 4.98 Å². The van der Waals surface area contributed by atoms with Crippen LogP contribution in [-0.4, -0.2) is 31.7 Å². The largest absolute Gasteiger partial charge is 0.420 e. The molecule has 0 bridgehead atoms. The van der Waals surface area contributed by atoms with Crippen LogP contribution in [0.3, 0.4) is 0 Å². The highest BCUT2D eigenvalue weighted by Gasteiger charge is 2.40. The molecular weight excluding hydrogens is 313 g/mol. The third-order valence-electron chi connectivity index (χ3n) is 2.78. The van der Waals surface area contributed by atoms with E-state index in [9.17, 15) is 26.4 Å². The van der Waals surface area contributed by atoms with Crippen molar-refractivity contribution in [1.29, 1.82) is 0 Å². The van der Waals surface area contributed by atoms with Gasteiger partial charge in [0.1, 0.15) is 5.56 Å². The Morgan fingerprint density at radius 1 is 1.43 bits per heavy atom. The summed E-state index contributed by atoms with van der Waals surface area (Å²) in [6, 6.07) is -0.451. The van der Waals surface area contributed by atoms with Gasteiger partial charge in [-0.25, -0.2) is 18.2 Å². The van der Waals surface area contributed by atoms with Crippen LogP contribution < -0.4 is 15.4 Å². The van der Waals surface area contributed by atoms with Crippen molar-refractivity contribution in [3.8, 4) is 0 Å². The van der Waals surface area contributed by atoms with Gasteiger partial charge >= 0.3 is 12.2 Å². The third kappa shape index (κ3) is 3.17. The Bertz CT molecular complexity index is 675. The van der Waals surface area contributed by atoms with Gasteiger partial charge in [-0.1, -0.05) is 0 Å². The maximum atomic E-state index is 13.1. The zero-order chi connectivity index (χ0) is 15.8. The van der Waals surface area contributed by atoms with E-state index in [0.29, 0.717) is 10.4 Å². The average molecular weight is 324 g/mol. The van der Waals surface area contributed by atoms with E-state index in [1.807, 2.05) is 5.32 Å². The van der Waals surface area contributed by atoms with E-state index in [0.717, 1.165) is 6.20 Å². The molecule has 1 saturated heterocycles. The highest BCUT2D eigenvalue weighted by atomic mass is 32.2. The Balaban J connectivity index is 2.53. The molecule has 0 aromatic carbocycles. The lowest BCUT2D eigenvalue weighted by molar-refractivity contribution is -0.137. The van der Waals surface area contributed by atoms with E-state index in [2.05, 4.69) is 4.98 Å². The number of nitrogens with one attached hydrogen (secondary N) is 1. The summed E-state index contributed by atoms with van der Waals surface area (Å²) in [6.45, 7) is -0.0684. The first-order valence-corrected chi connectivity index (χ1v) is 7.36. The van der Waals surface area contributed by atoms with E-state index in [4.69, 9.17) is 5.73 Å². The molecule has 2 amide bonds. The number of primary amides is 1. The molecule has 116 valence electrons. The first-order valence-electron chi connectivity index (χ1n) is 5.75. The first-order chi connectivity index (χ1) is 9.61. The van der Waals surface area contributed by atoms with Gasteiger partial charge < -0.3 is 11.1 Å². The van der Waals surface area contributed by atoms with Gasteiger partial charge in [0.05, 0.1) is 17.6 Å². The number of pyridine rings is 1. The molecule has 0 saturated carbocycles. The summed E-state index contributed by atoms with van der Waals surface area (Å²) in [6.07, 6.45) is -3.68. The number of anilines is 2. The quantitative estimate of drug-likeness (QED) is 0.850. The number of carbonyl (C=O) groups excluding carboxylic acids is 1. The number of rotatable bonds is 2. The van der Waals surface area contributed by atoms with Crippen LogP contribution in [0.25, 0.3) is 0 Å². The topological polar surface area (TPSA) is 105 Å². The number of hydrogen-bond acceptors (Lipinski definition) is 4. The number of hydrogen-bond donors (Lipinski definition) is 2. The van der Waals surface area contributed by atoms with Gasteiger partial charge in [-0.3, -0.25) is 4.31 Å². The predicted molar refractivity (Wildman–Crippen MR) is 68.2 cm³/mol. The molecule has 1 aromatic rings. The number of nitrogens with zero attached hydrogens (tertiary/aromatic N) is 2. The summed E-state index contributed by atoms with van der Waals surface area (Å²) >= 11 is 0. The molecule has 2 heterocycles. The van der Waals surface area contributed by atoms with Crippen molar-refractivity contribution < 1.29 is 26.4 Å². The minimum atomic E-state index is -4.82. The summed E-state index contributed by atoms with van der Waals surface area (Å²) in [5, 5.41) is 1.96. The standard InChI is InChI=1S/C10H11F3N4O3S/c11-10(12,13)7-4-6(16-9(14)18)5-15-8(7)17-2-1-3-21(17,19)20/h4-5H,1-3H2,(H3,14,16,18). The number of aromatic nitrogens is 1. The second-order valence-corrected chi connectivity index (χ2v) is 6.34.